The van der Waals surface area contributed by atoms with Gasteiger partial charge in [0.05, 0.1) is 4.88 Å². The highest BCUT2D eigenvalue weighted by Crippen LogP contribution is 2.46. The summed E-state index contributed by atoms with van der Waals surface area (Å²) in [7, 11) is 0. The lowest BCUT2D eigenvalue weighted by molar-refractivity contribution is 0.0895. The Labute approximate surface area is 162 Å². The van der Waals surface area contributed by atoms with Crippen LogP contribution in [0.5, 0.6) is 0 Å². The number of nitrogens with one attached hydrogen (secondary N) is 1. The molecule has 0 unspecified atom stereocenters. The second-order valence-electron chi connectivity index (χ2n) is 7.24. The largest absolute Gasteiger partial charge is 0.348 e. The van der Waals surface area contributed by atoms with E-state index in [4.69, 9.17) is 11.6 Å². The zero-order chi connectivity index (χ0) is 17.6. The SMILES string of the molecule is C[C@H]1[C@H](C)CCC[C@@H]1NC(=O)c1cc2c(s1)-c1ccc(Cl)cc1SC2. The lowest BCUT2D eigenvalue weighted by atomic mass is 9.78. The standard InChI is InChI=1S/C20H22ClNOS2/c1-11-4-3-5-16(12(11)2)22-20(23)18-8-13-10-24-17-9-14(21)6-7-15(17)19(13)25-18/h6-9,11-12,16H,3-5,10H2,1-2H3,(H,22,23)/t11-,12+,16+/m1/s1. The van der Waals surface area contributed by atoms with Crippen LogP contribution in [0.3, 0.4) is 0 Å². The molecule has 1 amide bonds. The minimum Gasteiger partial charge on any atom is -0.348 e. The Balaban J connectivity index is 1.57. The molecular formula is C20H22ClNOS2. The number of halogens is 1. The molecule has 1 aromatic carbocycles. The van der Waals surface area contributed by atoms with Crippen molar-refractivity contribution in [2.45, 2.75) is 49.8 Å². The van der Waals surface area contributed by atoms with Crippen molar-refractivity contribution in [3.05, 3.63) is 39.7 Å². The molecule has 132 valence electrons. The van der Waals surface area contributed by atoms with Gasteiger partial charge in [-0.05, 0) is 42.0 Å². The van der Waals surface area contributed by atoms with E-state index < -0.39 is 0 Å². The van der Waals surface area contributed by atoms with E-state index in [1.54, 1.807) is 23.1 Å². The fraction of sp³-hybridized carbons (Fsp3) is 0.450. The third-order valence-corrected chi connectivity index (χ3v) is 8.18. The molecule has 2 aromatic rings. The third kappa shape index (κ3) is 3.36. The number of thiophene rings is 1. The van der Waals surface area contributed by atoms with Crippen molar-refractivity contribution in [2.24, 2.45) is 11.8 Å². The summed E-state index contributed by atoms with van der Waals surface area (Å²) in [4.78, 5) is 16.1. The molecule has 1 aliphatic carbocycles. The molecular weight excluding hydrogens is 370 g/mol. The molecule has 0 radical (unpaired) electrons. The number of carbonyl (C=O) groups excluding carboxylic acids is 1. The van der Waals surface area contributed by atoms with Crippen LogP contribution in [0, 0.1) is 11.8 Å². The van der Waals surface area contributed by atoms with Gasteiger partial charge < -0.3 is 5.32 Å². The van der Waals surface area contributed by atoms with Crippen LogP contribution in [0.25, 0.3) is 10.4 Å². The molecule has 3 atom stereocenters. The lowest BCUT2D eigenvalue weighted by Gasteiger charge is -2.34. The van der Waals surface area contributed by atoms with Gasteiger partial charge in [-0.15, -0.1) is 23.1 Å². The predicted octanol–water partition coefficient (Wildman–Crippen LogP) is 6.23. The highest BCUT2D eigenvalue weighted by molar-refractivity contribution is 7.98. The molecule has 0 spiro atoms. The number of carbonyl (C=O) groups is 1. The lowest BCUT2D eigenvalue weighted by Crippen LogP contribution is -2.43. The maximum Gasteiger partial charge on any atom is 0.261 e. The van der Waals surface area contributed by atoms with Crippen molar-refractivity contribution in [1.29, 1.82) is 0 Å². The van der Waals surface area contributed by atoms with Crippen LogP contribution < -0.4 is 5.32 Å². The monoisotopic (exact) mass is 391 g/mol. The Morgan fingerprint density at radius 1 is 1.24 bits per heavy atom. The molecule has 5 heteroatoms. The Hall–Kier alpha value is -0.970. The quantitative estimate of drug-likeness (QED) is 0.657. The van der Waals surface area contributed by atoms with Crippen molar-refractivity contribution in [3.63, 3.8) is 0 Å². The number of hydrogen-bond donors (Lipinski definition) is 1. The van der Waals surface area contributed by atoms with Crippen molar-refractivity contribution in [1.82, 2.24) is 5.32 Å². The zero-order valence-electron chi connectivity index (χ0n) is 14.5. The molecule has 0 saturated heterocycles. The predicted molar refractivity (Wildman–Crippen MR) is 108 cm³/mol. The summed E-state index contributed by atoms with van der Waals surface area (Å²) < 4.78 is 0. The first-order valence-electron chi connectivity index (χ1n) is 8.89. The van der Waals surface area contributed by atoms with Gasteiger partial charge in [-0.1, -0.05) is 44.4 Å². The summed E-state index contributed by atoms with van der Waals surface area (Å²) in [5, 5.41) is 4.07. The first-order chi connectivity index (χ1) is 12.0. The van der Waals surface area contributed by atoms with E-state index in [2.05, 4.69) is 31.3 Å². The number of fused-ring (bicyclic) bond motifs is 3. The first kappa shape index (κ1) is 17.4. The minimum atomic E-state index is 0.0888. The molecule has 1 aromatic heterocycles. The molecule has 0 bridgehead atoms. The summed E-state index contributed by atoms with van der Waals surface area (Å²) in [5.41, 5.74) is 2.47. The van der Waals surface area contributed by atoms with Gasteiger partial charge in [0.15, 0.2) is 0 Å². The maximum absolute atomic E-state index is 12.8. The Morgan fingerprint density at radius 3 is 2.92 bits per heavy atom. The van der Waals surface area contributed by atoms with Crippen molar-refractivity contribution >= 4 is 40.6 Å². The summed E-state index contributed by atoms with van der Waals surface area (Å²) in [6.07, 6.45) is 3.58. The average Bonchev–Trinajstić information content (AvgIpc) is 3.03. The second kappa shape index (κ2) is 6.98. The summed E-state index contributed by atoms with van der Waals surface area (Å²) >= 11 is 9.53. The van der Waals surface area contributed by atoms with Crippen LogP contribution in [0.4, 0.5) is 0 Å². The van der Waals surface area contributed by atoms with Gasteiger partial charge >= 0.3 is 0 Å². The van der Waals surface area contributed by atoms with Crippen molar-refractivity contribution in [3.8, 4) is 10.4 Å². The van der Waals surface area contributed by atoms with Gasteiger partial charge in [0.1, 0.15) is 0 Å². The van der Waals surface area contributed by atoms with Crippen LogP contribution in [0.1, 0.15) is 48.3 Å². The molecule has 2 nitrogen and oxygen atoms in total. The Bertz CT molecular complexity index is 816. The molecule has 1 saturated carbocycles. The van der Waals surface area contributed by atoms with E-state index >= 15 is 0 Å². The number of thioether (sulfide) groups is 1. The van der Waals surface area contributed by atoms with E-state index in [1.165, 1.54) is 33.7 Å². The van der Waals surface area contributed by atoms with Crippen LogP contribution in [-0.2, 0) is 5.75 Å². The van der Waals surface area contributed by atoms with Crippen molar-refractivity contribution in [2.75, 3.05) is 0 Å². The van der Waals surface area contributed by atoms with E-state index in [-0.39, 0.29) is 5.91 Å². The molecule has 2 aliphatic rings. The highest BCUT2D eigenvalue weighted by Gasteiger charge is 2.29. The fourth-order valence-corrected chi connectivity index (χ4v) is 6.45. The third-order valence-electron chi connectivity index (χ3n) is 5.63. The van der Waals surface area contributed by atoms with Gasteiger partial charge in [0, 0.05) is 32.2 Å². The summed E-state index contributed by atoms with van der Waals surface area (Å²) in [6.45, 7) is 4.57. The smallest absolute Gasteiger partial charge is 0.261 e. The van der Waals surface area contributed by atoms with E-state index in [1.807, 2.05) is 12.1 Å². The molecule has 1 fully saturated rings. The van der Waals surface area contributed by atoms with Crippen LogP contribution in [0.15, 0.2) is 29.2 Å². The summed E-state index contributed by atoms with van der Waals surface area (Å²) in [5.74, 6) is 2.23. The first-order valence-corrected chi connectivity index (χ1v) is 11.1. The normalized spacial score (nSPS) is 25.2. The minimum absolute atomic E-state index is 0.0888. The zero-order valence-corrected chi connectivity index (χ0v) is 16.9. The number of benzene rings is 1. The van der Waals surface area contributed by atoms with Gasteiger partial charge in [-0.25, -0.2) is 0 Å². The number of amides is 1. The fourth-order valence-electron chi connectivity index (χ4n) is 3.86. The van der Waals surface area contributed by atoms with Crippen LogP contribution in [0.2, 0.25) is 5.02 Å². The second-order valence-corrected chi connectivity index (χ2v) is 9.75. The topological polar surface area (TPSA) is 29.1 Å². The molecule has 1 N–H and O–H groups in total. The molecule has 4 rings (SSSR count). The van der Waals surface area contributed by atoms with Crippen LogP contribution >= 0.6 is 34.7 Å². The van der Waals surface area contributed by atoms with E-state index in [9.17, 15) is 4.79 Å². The summed E-state index contributed by atoms with van der Waals surface area (Å²) in [6, 6.07) is 8.41. The average molecular weight is 392 g/mol. The molecule has 2 heterocycles. The van der Waals surface area contributed by atoms with Crippen LogP contribution in [-0.4, -0.2) is 11.9 Å². The van der Waals surface area contributed by atoms with Gasteiger partial charge in [-0.3, -0.25) is 4.79 Å². The number of rotatable bonds is 2. The van der Waals surface area contributed by atoms with Gasteiger partial charge in [0.25, 0.3) is 5.91 Å². The highest BCUT2D eigenvalue weighted by atomic mass is 35.5. The maximum atomic E-state index is 12.8. The van der Waals surface area contributed by atoms with E-state index in [0.717, 1.165) is 22.1 Å². The Kier molecular flexibility index (Phi) is 4.87. The van der Waals surface area contributed by atoms with Gasteiger partial charge in [0.2, 0.25) is 0 Å². The number of hydrogen-bond acceptors (Lipinski definition) is 3. The molecule has 25 heavy (non-hydrogen) atoms. The van der Waals surface area contributed by atoms with Gasteiger partial charge in [-0.2, -0.15) is 0 Å². The molecule has 1 aliphatic heterocycles. The Morgan fingerprint density at radius 2 is 2.08 bits per heavy atom. The van der Waals surface area contributed by atoms with E-state index in [0.29, 0.717) is 17.9 Å². The van der Waals surface area contributed by atoms with Crippen molar-refractivity contribution < 1.29 is 4.79 Å².